The van der Waals surface area contributed by atoms with Crippen molar-refractivity contribution in [1.29, 1.82) is 0 Å². The Labute approximate surface area is 118 Å². The van der Waals surface area contributed by atoms with Gasteiger partial charge >= 0.3 is 0 Å². The summed E-state index contributed by atoms with van der Waals surface area (Å²) in [5.74, 6) is 1.19. The standard InChI is InChI=1S/C15H21N5/c1-2-5-13-12(4-1)17-15(18-13)14-6-3-9-20(14)10-11-7-8-16-19-11/h7-8,14H,1-6,9-10H2,(H,16,19)(H,17,18). The molecule has 3 heterocycles. The molecule has 5 heteroatoms. The summed E-state index contributed by atoms with van der Waals surface area (Å²) in [5, 5.41) is 7.10. The summed E-state index contributed by atoms with van der Waals surface area (Å²) in [4.78, 5) is 11.0. The first-order chi connectivity index (χ1) is 9.90. The monoisotopic (exact) mass is 271 g/mol. The number of hydrogen-bond donors (Lipinski definition) is 2. The highest BCUT2D eigenvalue weighted by Gasteiger charge is 2.29. The maximum atomic E-state index is 4.89. The maximum Gasteiger partial charge on any atom is 0.124 e. The number of likely N-dealkylation sites (tertiary alicyclic amines) is 1. The number of nitrogens with one attached hydrogen (secondary N) is 2. The molecule has 1 aliphatic heterocycles. The Morgan fingerprint density at radius 1 is 1.25 bits per heavy atom. The van der Waals surface area contributed by atoms with Crippen LogP contribution in [0.3, 0.4) is 0 Å². The number of H-pyrrole nitrogens is 2. The number of aromatic amines is 2. The van der Waals surface area contributed by atoms with Crippen molar-refractivity contribution < 1.29 is 0 Å². The van der Waals surface area contributed by atoms with E-state index in [1.165, 1.54) is 55.0 Å². The highest BCUT2D eigenvalue weighted by molar-refractivity contribution is 5.19. The smallest absolute Gasteiger partial charge is 0.124 e. The molecule has 1 aliphatic carbocycles. The molecule has 2 aromatic rings. The lowest BCUT2D eigenvalue weighted by molar-refractivity contribution is 0.237. The predicted molar refractivity (Wildman–Crippen MR) is 76.2 cm³/mol. The zero-order valence-electron chi connectivity index (χ0n) is 11.7. The molecule has 1 unspecified atom stereocenters. The van der Waals surface area contributed by atoms with Crippen LogP contribution in [0.2, 0.25) is 0 Å². The van der Waals surface area contributed by atoms with Crippen molar-refractivity contribution in [2.24, 2.45) is 0 Å². The van der Waals surface area contributed by atoms with E-state index in [1.807, 2.05) is 6.20 Å². The van der Waals surface area contributed by atoms with Gasteiger partial charge in [0.25, 0.3) is 0 Å². The number of aryl methyl sites for hydroxylation is 2. The molecule has 0 aromatic carbocycles. The summed E-state index contributed by atoms with van der Waals surface area (Å²) >= 11 is 0. The summed E-state index contributed by atoms with van der Waals surface area (Å²) in [6.45, 7) is 2.09. The van der Waals surface area contributed by atoms with Crippen LogP contribution in [0.1, 0.15) is 54.6 Å². The Morgan fingerprint density at radius 3 is 3.05 bits per heavy atom. The van der Waals surface area contributed by atoms with Crippen LogP contribution in [-0.2, 0) is 19.4 Å². The van der Waals surface area contributed by atoms with E-state index in [1.54, 1.807) is 0 Å². The minimum atomic E-state index is 0.448. The van der Waals surface area contributed by atoms with Gasteiger partial charge in [-0.1, -0.05) is 0 Å². The number of imidazole rings is 1. The van der Waals surface area contributed by atoms with Crippen molar-refractivity contribution in [2.75, 3.05) is 6.54 Å². The summed E-state index contributed by atoms with van der Waals surface area (Å²) in [6, 6.07) is 2.51. The molecule has 0 amide bonds. The minimum Gasteiger partial charge on any atom is -0.344 e. The molecular weight excluding hydrogens is 250 g/mol. The van der Waals surface area contributed by atoms with E-state index >= 15 is 0 Å². The van der Waals surface area contributed by atoms with Crippen molar-refractivity contribution in [2.45, 2.75) is 51.1 Å². The molecule has 1 atom stereocenters. The van der Waals surface area contributed by atoms with Crippen molar-refractivity contribution in [3.8, 4) is 0 Å². The van der Waals surface area contributed by atoms with Gasteiger partial charge in [0.1, 0.15) is 5.82 Å². The lowest BCUT2D eigenvalue weighted by Gasteiger charge is -2.21. The quantitative estimate of drug-likeness (QED) is 0.901. The third-order valence-corrected chi connectivity index (χ3v) is 4.58. The summed E-state index contributed by atoms with van der Waals surface area (Å²) < 4.78 is 0. The van der Waals surface area contributed by atoms with Gasteiger partial charge in [0, 0.05) is 24.1 Å². The first kappa shape index (κ1) is 12.1. The van der Waals surface area contributed by atoms with E-state index in [2.05, 4.69) is 26.1 Å². The molecule has 0 bridgehead atoms. The molecule has 0 spiro atoms. The SMILES string of the molecule is c1cc(CN2CCCC2c2nc3c([nH]2)CCCC3)[nH]n1. The van der Waals surface area contributed by atoms with Gasteiger partial charge in [-0.25, -0.2) is 4.98 Å². The van der Waals surface area contributed by atoms with E-state index in [9.17, 15) is 0 Å². The molecular formula is C15H21N5. The first-order valence-corrected chi connectivity index (χ1v) is 7.70. The highest BCUT2D eigenvalue weighted by atomic mass is 15.2. The summed E-state index contributed by atoms with van der Waals surface area (Å²) in [5.41, 5.74) is 3.90. The fourth-order valence-electron chi connectivity index (χ4n) is 3.55. The van der Waals surface area contributed by atoms with Crippen molar-refractivity contribution >= 4 is 0 Å². The van der Waals surface area contributed by atoms with E-state index < -0.39 is 0 Å². The third kappa shape index (κ3) is 2.16. The van der Waals surface area contributed by atoms with Gasteiger partial charge in [-0.3, -0.25) is 10.00 Å². The fraction of sp³-hybridized carbons (Fsp3) is 0.600. The molecule has 0 saturated carbocycles. The second-order valence-corrected chi connectivity index (χ2v) is 5.96. The Bertz CT molecular complexity index is 548. The number of hydrogen-bond acceptors (Lipinski definition) is 3. The zero-order valence-corrected chi connectivity index (χ0v) is 11.7. The Hall–Kier alpha value is -1.62. The summed E-state index contributed by atoms with van der Waals surface area (Å²) in [6.07, 6.45) is 9.21. The molecule has 1 saturated heterocycles. The van der Waals surface area contributed by atoms with Gasteiger partial charge < -0.3 is 4.98 Å². The van der Waals surface area contributed by atoms with E-state index in [0.717, 1.165) is 19.5 Å². The van der Waals surface area contributed by atoms with Gasteiger partial charge in [-0.05, 0) is 51.1 Å². The van der Waals surface area contributed by atoms with Crippen molar-refractivity contribution in [1.82, 2.24) is 25.1 Å². The first-order valence-electron chi connectivity index (χ1n) is 7.70. The zero-order chi connectivity index (χ0) is 13.4. The van der Waals surface area contributed by atoms with Crippen LogP contribution in [0, 0.1) is 0 Å². The second kappa shape index (κ2) is 5.05. The van der Waals surface area contributed by atoms with Gasteiger partial charge in [-0.2, -0.15) is 5.10 Å². The minimum absolute atomic E-state index is 0.448. The van der Waals surface area contributed by atoms with E-state index in [0.29, 0.717) is 6.04 Å². The topological polar surface area (TPSA) is 60.6 Å². The number of fused-ring (bicyclic) bond motifs is 1. The predicted octanol–water partition coefficient (Wildman–Crippen LogP) is 2.35. The van der Waals surface area contributed by atoms with Crippen LogP contribution in [0.4, 0.5) is 0 Å². The van der Waals surface area contributed by atoms with Gasteiger partial charge in [0.15, 0.2) is 0 Å². The molecule has 0 radical (unpaired) electrons. The van der Waals surface area contributed by atoms with Gasteiger partial charge in [-0.15, -0.1) is 0 Å². The lowest BCUT2D eigenvalue weighted by Crippen LogP contribution is -2.23. The molecule has 2 aromatic heterocycles. The van der Waals surface area contributed by atoms with Crippen molar-refractivity contribution in [3.63, 3.8) is 0 Å². The maximum absolute atomic E-state index is 4.89. The molecule has 2 aliphatic rings. The van der Waals surface area contributed by atoms with Crippen LogP contribution in [0.5, 0.6) is 0 Å². The molecule has 2 N–H and O–H groups in total. The molecule has 4 rings (SSSR count). The largest absolute Gasteiger partial charge is 0.344 e. The molecule has 20 heavy (non-hydrogen) atoms. The average Bonchev–Trinajstić information content (AvgIpc) is 3.18. The molecule has 106 valence electrons. The Balaban J connectivity index is 1.55. The normalized spacial score (nSPS) is 23.1. The number of nitrogens with zero attached hydrogens (tertiary/aromatic N) is 3. The van der Waals surface area contributed by atoms with E-state index in [-0.39, 0.29) is 0 Å². The Morgan fingerprint density at radius 2 is 2.20 bits per heavy atom. The van der Waals surface area contributed by atoms with Gasteiger partial charge in [0.05, 0.1) is 11.7 Å². The lowest BCUT2D eigenvalue weighted by atomic mass is 10.0. The highest BCUT2D eigenvalue weighted by Crippen LogP contribution is 2.33. The number of rotatable bonds is 3. The van der Waals surface area contributed by atoms with Crippen LogP contribution < -0.4 is 0 Å². The Kier molecular flexibility index (Phi) is 3.07. The molecule has 1 fully saturated rings. The van der Waals surface area contributed by atoms with E-state index in [4.69, 9.17) is 4.98 Å². The fourth-order valence-corrected chi connectivity index (χ4v) is 3.55. The van der Waals surface area contributed by atoms with Crippen molar-refractivity contribution in [3.05, 3.63) is 35.2 Å². The second-order valence-electron chi connectivity index (χ2n) is 5.96. The van der Waals surface area contributed by atoms with Crippen LogP contribution in [-0.4, -0.2) is 31.6 Å². The van der Waals surface area contributed by atoms with Crippen LogP contribution in [0.15, 0.2) is 12.3 Å². The third-order valence-electron chi connectivity index (χ3n) is 4.58. The average molecular weight is 271 g/mol. The van der Waals surface area contributed by atoms with Gasteiger partial charge in [0.2, 0.25) is 0 Å². The van der Waals surface area contributed by atoms with Crippen LogP contribution >= 0.6 is 0 Å². The molecule has 5 nitrogen and oxygen atoms in total. The van der Waals surface area contributed by atoms with Crippen LogP contribution in [0.25, 0.3) is 0 Å². The number of aromatic nitrogens is 4. The summed E-state index contributed by atoms with van der Waals surface area (Å²) in [7, 11) is 0.